The maximum Gasteiger partial charge on any atom is 0.0594 e. The summed E-state index contributed by atoms with van der Waals surface area (Å²) in [5.74, 6) is 0. The summed E-state index contributed by atoms with van der Waals surface area (Å²) < 4.78 is 5.35. The zero-order valence-corrected chi connectivity index (χ0v) is 12.2. The number of hydrogen-bond acceptors (Lipinski definition) is 3. The molecule has 1 saturated heterocycles. The molecule has 1 aromatic rings. The number of rotatable bonds is 6. The van der Waals surface area contributed by atoms with Gasteiger partial charge in [0.15, 0.2) is 0 Å². The highest BCUT2D eigenvalue weighted by atomic mass is 16.5. The Kier molecular flexibility index (Phi) is 5.83. The summed E-state index contributed by atoms with van der Waals surface area (Å²) in [7, 11) is 0. The van der Waals surface area contributed by atoms with Crippen molar-refractivity contribution < 1.29 is 4.74 Å². The highest BCUT2D eigenvalue weighted by Crippen LogP contribution is 2.09. The molecule has 1 heterocycles. The lowest BCUT2D eigenvalue weighted by Gasteiger charge is -2.26. The van der Waals surface area contributed by atoms with E-state index >= 15 is 0 Å². The Morgan fingerprint density at radius 2 is 1.95 bits per heavy atom. The Labute approximate surface area is 116 Å². The van der Waals surface area contributed by atoms with Crippen LogP contribution in [0.1, 0.15) is 23.1 Å². The molecule has 1 fully saturated rings. The summed E-state index contributed by atoms with van der Waals surface area (Å²) in [6, 6.07) is 6.71. The van der Waals surface area contributed by atoms with Crippen molar-refractivity contribution in [2.45, 2.75) is 26.8 Å². The van der Waals surface area contributed by atoms with E-state index in [-0.39, 0.29) is 0 Å². The lowest BCUT2D eigenvalue weighted by atomic mass is 10.1. The van der Waals surface area contributed by atoms with E-state index in [0.717, 1.165) is 39.4 Å². The van der Waals surface area contributed by atoms with Crippen molar-refractivity contribution in [1.29, 1.82) is 0 Å². The van der Waals surface area contributed by atoms with Gasteiger partial charge in [0.2, 0.25) is 0 Å². The number of nitrogens with one attached hydrogen (secondary N) is 1. The normalized spacial score (nSPS) is 16.7. The molecule has 1 aliphatic rings. The van der Waals surface area contributed by atoms with Crippen LogP contribution in [-0.4, -0.2) is 44.3 Å². The Hall–Kier alpha value is -0.900. The molecule has 1 N–H and O–H groups in total. The molecule has 1 aromatic carbocycles. The number of aryl methyl sites for hydroxylation is 2. The first-order chi connectivity index (χ1) is 9.25. The number of hydrogen-bond donors (Lipinski definition) is 1. The number of nitrogens with zero attached hydrogens (tertiary/aromatic N) is 1. The van der Waals surface area contributed by atoms with Crippen LogP contribution in [0.4, 0.5) is 0 Å². The van der Waals surface area contributed by atoms with Crippen LogP contribution in [0, 0.1) is 13.8 Å². The lowest BCUT2D eigenvalue weighted by molar-refractivity contribution is 0.0374. The third-order valence-corrected chi connectivity index (χ3v) is 3.83. The summed E-state index contributed by atoms with van der Waals surface area (Å²) in [4.78, 5) is 2.49. The largest absolute Gasteiger partial charge is 0.379 e. The predicted octanol–water partition coefficient (Wildman–Crippen LogP) is 2.12. The van der Waals surface area contributed by atoms with Gasteiger partial charge in [-0.1, -0.05) is 18.2 Å². The van der Waals surface area contributed by atoms with Gasteiger partial charge in [0.05, 0.1) is 13.2 Å². The minimum Gasteiger partial charge on any atom is -0.379 e. The Bertz CT molecular complexity index is 386. The smallest absolute Gasteiger partial charge is 0.0594 e. The number of ether oxygens (including phenoxy) is 1. The average Bonchev–Trinajstić information content (AvgIpc) is 2.43. The van der Waals surface area contributed by atoms with Crippen LogP contribution in [0.2, 0.25) is 0 Å². The van der Waals surface area contributed by atoms with Crippen molar-refractivity contribution in [2.75, 3.05) is 39.4 Å². The van der Waals surface area contributed by atoms with Gasteiger partial charge in [0.25, 0.3) is 0 Å². The fraction of sp³-hybridized carbons (Fsp3) is 0.625. The van der Waals surface area contributed by atoms with Gasteiger partial charge in [-0.2, -0.15) is 0 Å². The molecule has 3 nitrogen and oxygen atoms in total. The number of benzene rings is 1. The van der Waals surface area contributed by atoms with Crippen LogP contribution in [0.3, 0.4) is 0 Å². The van der Waals surface area contributed by atoms with Gasteiger partial charge < -0.3 is 10.1 Å². The van der Waals surface area contributed by atoms with Gasteiger partial charge in [-0.3, -0.25) is 4.90 Å². The summed E-state index contributed by atoms with van der Waals surface area (Å²) in [5.41, 5.74) is 4.14. The summed E-state index contributed by atoms with van der Waals surface area (Å²) in [6.45, 7) is 11.6. The maximum absolute atomic E-state index is 5.35. The monoisotopic (exact) mass is 262 g/mol. The SMILES string of the molecule is Cc1ccc(CNCCCN2CCOCC2)cc1C. The molecule has 3 heteroatoms. The van der Waals surface area contributed by atoms with Crippen molar-refractivity contribution in [3.05, 3.63) is 34.9 Å². The average molecular weight is 262 g/mol. The molecule has 0 unspecified atom stereocenters. The van der Waals surface area contributed by atoms with Gasteiger partial charge in [0.1, 0.15) is 0 Å². The van der Waals surface area contributed by atoms with E-state index in [0.29, 0.717) is 0 Å². The maximum atomic E-state index is 5.35. The van der Waals surface area contributed by atoms with Crippen molar-refractivity contribution in [1.82, 2.24) is 10.2 Å². The molecule has 0 radical (unpaired) electrons. The molecule has 19 heavy (non-hydrogen) atoms. The van der Waals surface area contributed by atoms with Gasteiger partial charge in [-0.05, 0) is 50.0 Å². The zero-order valence-electron chi connectivity index (χ0n) is 12.2. The standard InChI is InChI=1S/C16H26N2O/c1-14-4-5-16(12-15(14)2)13-17-6-3-7-18-8-10-19-11-9-18/h4-5,12,17H,3,6-11,13H2,1-2H3. The second-order valence-electron chi connectivity index (χ2n) is 5.40. The van der Waals surface area contributed by atoms with Crippen LogP contribution < -0.4 is 5.32 Å². The number of morpholine rings is 1. The molecule has 0 spiro atoms. The summed E-state index contributed by atoms with van der Waals surface area (Å²) in [6.07, 6.45) is 1.21. The Morgan fingerprint density at radius 1 is 1.16 bits per heavy atom. The quantitative estimate of drug-likeness (QED) is 0.795. The Morgan fingerprint density at radius 3 is 2.68 bits per heavy atom. The third-order valence-electron chi connectivity index (χ3n) is 3.83. The molecule has 0 atom stereocenters. The van der Waals surface area contributed by atoms with E-state index in [2.05, 4.69) is 42.3 Å². The molecular formula is C16H26N2O. The first-order valence-electron chi connectivity index (χ1n) is 7.32. The third kappa shape index (κ3) is 4.94. The van der Waals surface area contributed by atoms with Gasteiger partial charge in [0, 0.05) is 19.6 Å². The Balaban J connectivity index is 1.59. The van der Waals surface area contributed by atoms with Crippen LogP contribution >= 0.6 is 0 Å². The van der Waals surface area contributed by atoms with Crippen LogP contribution in [0.15, 0.2) is 18.2 Å². The lowest BCUT2D eigenvalue weighted by Crippen LogP contribution is -2.37. The molecular weight excluding hydrogens is 236 g/mol. The molecule has 106 valence electrons. The van der Waals surface area contributed by atoms with Crippen molar-refractivity contribution in [3.63, 3.8) is 0 Å². The highest BCUT2D eigenvalue weighted by molar-refractivity contribution is 5.29. The molecule has 0 amide bonds. The van der Waals surface area contributed by atoms with Gasteiger partial charge in [-0.25, -0.2) is 0 Å². The molecule has 0 saturated carbocycles. The van der Waals surface area contributed by atoms with Crippen LogP contribution in [-0.2, 0) is 11.3 Å². The van der Waals surface area contributed by atoms with Gasteiger partial charge in [-0.15, -0.1) is 0 Å². The van der Waals surface area contributed by atoms with E-state index in [1.807, 2.05) is 0 Å². The van der Waals surface area contributed by atoms with Gasteiger partial charge >= 0.3 is 0 Å². The highest BCUT2D eigenvalue weighted by Gasteiger charge is 2.08. The molecule has 0 aliphatic carbocycles. The molecule has 1 aliphatic heterocycles. The predicted molar refractivity (Wildman–Crippen MR) is 79.5 cm³/mol. The summed E-state index contributed by atoms with van der Waals surface area (Å²) >= 11 is 0. The van der Waals surface area contributed by atoms with E-state index in [1.54, 1.807) is 0 Å². The van der Waals surface area contributed by atoms with E-state index in [9.17, 15) is 0 Å². The van der Waals surface area contributed by atoms with Crippen LogP contribution in [0.25, 0.3) is 0 Å². The van der Waals surface area contributed by atoms with Crippen LogP contribution in [0.5, 0.6) is 0 Å². The summed E-state index contributed by atoms with van der Waals surface area (Å²) in [5, 5.41) is 3.53. The minimum absolute atomic E-state index is 0.899. The fourth-order valence-corrected chi connectivity index (χ4v) is 2.40. The van der Waals surface area contributed by atoms with E-state index in [4.69, 9.17) is 4.74 Å². The fourth-order valence-electron chi connectivity index (χ4n) is 2.40. The molecule has 2 rings (SSSR count). The van der Waals surface area contributed by atoms with Crippen molar-refractivity contribution in [2.24, 2.45) is 0 Å². The van der Waals surface area contributed by atoms with E-state index in [1.165, 1.54) is 29.7 Å². The topological polar surface area (TPSA) is 24.5 Å². The van der Waals surface area contributed by atoms with Crippen molar-refractivity contribution in [3.8, 4) is 0 Å². The van der Waals surface area contributed by atoms with Crippen molar-refractivity contribution >= 4 is 0 Å². The second kappa shape index (κ2) is 7.63. The molecule has 0 aromatic heterocycles. The minimum atomic E-state index is 0.899. The van der Waals surface area contributed by atoms with E-state index < -0.39 is 0 Å². The second-order valence-corrected chi connectivity index (χ2v) is 5.40. The zero-order chi connectivity index (χ0) is 13.5. The molecule has 0 bridgehead atoms. The first kappa shape index (κ1) is 14.5. The first-order valence-corrected chi connectivity index (χ1v) is 7.32.